The first-order valence-electron chi connectivity index (χ1n) is 6.58. The Bertz CT molecular complexity index is 389. The Morgan fingerprint density at radius 3 is 2.37 bits per heavy atom. The van der Waals surface area contributed by atoms with Crippen molar-refractivity contribution >= 4 is 5.97 Å². The minimum Gasteiger partial charge on any atom is -0.481 e. The molecule has 1 rings (SSSR count). The summed E-state index contributed by atoms with van der Waals surface area (Å²) in [6.07, 6.45) is 0. The van der Waals surface area contributed by atoms with Gasteiger partial charge in [0.1, 0.15) is 0 Å². The maximum absolute atomic E-state index is 10.9. The number of carboxylic acid groups (broad SMARTS) is 1. The lowest BCUT2D eigenvalue weighted by molar-refractivity contribution is -0.141. The lowest BCUT2D eigenvalue weighted by atomic mass is 10.1. The van der Waals surface area contributed by atoms with Crippen LogP contribution in [0.4, 0.5) is 0 Å². The van der Waals surface area contributed by atoms with Crippen molar-refractivity contribution in [2.24, 2.45) is 5.92 Å². The second kappa shape index (κ2) is 7.92. The van der Waals surface area contributed by atoms with E-state index in [4.69, 9.17) is 9.84 Å². The molecule has 1 N–H and O–H groups in total. The molecule has 1 unspecified atom stereocenters. The predicted molar refractivity (Wildman–Crippen MR) is 74.9 cm³/mol. The summed E-state index contributed by atoms with van der Waals surface area (Å²) in [4.78, 5) is 13.0. The molecule has 4 nitrogen and oxygen atoms in total. The van der Waals surface area contributed by atoms with E-state index < -0.39 is 5.97 Å². The summed E-state index contributed by atoms with van der Waals surface area (Å²) in [5.74, 6) is -1.08. The molecule has 0 aliphatic heterocycles. The van der Waals surface area contributed by atoms with Crippen LogP contribution in [0, 0.1) is 5.92 Å². The van der Waals surface area contributed by atoms with Crippen molar-refractivity contribution in [3.63, 3.8) is 0 Å². The fourth-order valence-electron chi connectivity index (χ4n) is 1.94. The SMILES string of the molecule is CCN(Cc1ccc(COC)cc1)CC(C)C(=O)O. The molecule has 0 aliphatic rings. The second-order valence-corrected chi connectivity index (χ2v) is 4.82. The lowest BCUT2D eigenvalue weighted by Gasteiger charge is -2.22. The molecule has 0 saturated heterocycles. The van der Waals surface area contributed by atoms with Gasteiger partial charge in [-0.2, -0.15) is 0 Å². The first-order valence-corrected chi connectivity index (χ1v) is 6.58. The molecule has 0 saturated carbocycles. The Morgan fingerprint density at radius 2 is 1.89 bits per heavy atom. The van der Waals surface area contributed by atoms with E-state index in [1.54, 1.807) is 14.0 Å². The van der Waals surface area contributed by atoms with Crippen LogP contribution in [-0.4, -0.2) is 36.2 Å². The lowest BCUT2D eigenvalue weighted by Crippen LogP contribution is -2.31. The number of benzene rings is 1. The van der Waals surface area contributed by atoms with Gasteiger partial charge in [0.2, 0.25) is 0 Å². The van der Waals surface area contributed by atoms with Crippen molar-refractivity contribution in [1.82, 2.24) is 4.90 Å². The molecule has 0 spiro atoms. The van der Waals surface area contributed by atoms with Gasteiger partial charge in [-0.15, -0.1) is 0 Å². The minimum absolute atomic E-state index is 0.340. The van der Waals surface area contributed by atoms with Gasteiger partial charge in [-0.1, -0.05) is 38.1 Å². The largest absolute Gasteiger partial charge is 0.481 e. The topological polar surface area (TPSA) is 49.8 Å². The van der Waals surface area contributed by atoms with Gasteiger partial charge >= 0.3 is 5.97 Å². The first-order chi connectivity index (χ1) is 9.06. The molecule has 0 aromatic heterocycles. The van der Waals surface area contributed by atoms with Gasteiger partial charge in [0, 0.05) is 20.2 Å². The molecule has 106 valence electrons. The van der Waals surface area contributed by atoms with Crippen LogP contribution >= 0.6 is 0 Å². The van der Waals surface area contributed by atoms with Crippen LogP contribution in [0.5, 0.6) is 0 Å². The number of carboxylic acids is 1. The fourth-order valence-corrected chi connectivity index (χ4v) is 1.94. The molecular formula is C15H23NO3. The third-order valence-electron chi connectivity index (χ3n) is 3.14. The van der Waals surface area contributed by atoms with Crippen LogP contribution in [0.3, 0.4) is 0 Å². The summed E-state index contributed by atoms with van der Waals surface area (Å²) in [5.41, 5.74) is 2.34. The maximum atomic E-state index is 10.9. The van der Waals surface area contributed by atoms with Gasteiger partial charge in [0.15, 0.2) is 0 Å². The Balaban J connectivity index is 2.57. The van der Waals surface area contributed by atoms with Crippen molar-refractivity contribution in [3.05, 3.63) is 35.4 Å². The average Bonchev–Trinajstić information content (AvgIpc) is 2.40. The summed E-state index contributed by atoms with van der Waals surface area (Å²) < 4.78 is 5.07. The van der Waals surface area contributed by atoms with Crippen molar-refractivity contribution in [1.29, 1.82) is 0 Å². The summed E-state index contributed by atoms with van der Waals surface area (Å²) in [6.45, 7) is 6.61. The van der Waals surface area contributed by atoms with Crippen molar-refractivity contribution in [2.75, 3.05) is 20.2 Å². The highest BCUT2D eigenvalue weighted by Gasteiger charge is 2.15. The van der Waals surface area contributed by atoms with Gasteiger partial charge in [0.25, 0.3) is 0 Å². The molecule has 0 radical (unpaired) electrons. The zero-order valence-corrected chi connectivity index (χ0v) is 11.9. The Hall–Kier alpha value is -1.39. The van der Waals surface area contributed by atoms with E-state index in [2.05, 4.69) is 17.0 Å². The number of carbonyl (C=O) groups is 1. The third-order valence-corrected chi connectivity index (χ3v) is 3.14. The molecule has 0 bridgehead atoms. The van der Waals surface area contributed by atoms with E-state index in [0.717, 1.165) is 18.7 Å². The molecule has 19 heavy (non-hydrogen) atoms. The van der Waals surface area contributed by atoms with Crippen LogP contribution in [0.25, 0.3) is 0 Å². The second-order valence-electron chi connectivity index (χ2n) is 4.82. The summed E-state index contributed by atoms with van der Waals surface area (Å²) in [5, 5.41) is 8.95. The third kappa shape index (κ3) is 5.41. The molecule has 0 fully saturated rings. The van der Waals surface area contributed by atoms with Crippen LogP contribution in [0.1, 0.15) is 25.0 Å². The van der Waals surface area contributed by atoms with Gasteiger partial charge < -0.3 is 9.84 Å². The number of nitrogens with zero attached hydrogens (tertiary/aromatic N) is 1. The average molecular weight is 265 g/mol. The monoisotopic (exact) mass is 265 g/mol. The molecular weight excluding hydrogens is 242 g/mol. The number of rotatable bonds is 8. The molecule has 1 aromatic rings. The van der Waals surface area contributed by atoms with Crippen LogP contribution < -0.4 is 0 Å². The highest BCUT2D eigenvalue weighted by molar-refractivity contribution is 5.69. The Morgan fingerprint density at radius 1 is 1.32 bits per heavy atom. The Kier molecular flexibility index (Phi) is 6.53. The maximum Gasteiger partial charge on any atom is 0.307 e. The van der Waals surface area contributed by atoms with Crippen LogP contribution in [-0.2, 0) is 22.7 Å². The normalized spacial score (nSPS) is 12.6. The highest BCUT2D eigenvalue weighted by Crippen LogP contribution is 2.10. The number of hydrogen-bond acceptors (Lipinski definition) is 3. The van der Waals surface area contributed by atoms with E-state index in [-0.39, 0.29) is 5.92 Å². The van der Waals surface area contributed by atoms with Gasteiger partial charge in [0.05, 0.1) is 12.5 Å². The number of hydrogen-bond donors (Lipinski definition) is 1. The van der Waals surface area contributed by atoms with Gasteiger partial charge in [-0.25, -0.2) is 0 Å². The summed E-state index contributed by atoms with van der Waals surface area (Å²) >= 11 is 0. The fraction of sp³-hybridized carbons (Fsp3) is 0.533. The highest BCUT2D eigenvalue weighted by atomic mass is 16.5. The minimum atomic E-state index is -0.742. The van der Waals surface area contributed by atoms with E-state index in [1.807, 2.05) is 19.1 Å². The zero-order chi connectivity index (χ0) is 14.3. The summed E-state index contributed by atoms with van der Waals surface area (Å²) in [7, 11) is 1.68. The summed E-state index contributed by atoms with van der Waals surface area (Å²) in [6, 6.07) is 8.24. The van der Waals surface area contributed by atoms with E-state index in [0.29, 0.717) is 13.2 Å². The van der Waals surface area contributed by atoms with E-state index in [9.17, 15) is 4.79 Å². The van der Waals surface area contributed by atoms with Crippen molar-refractivity contribution in [3.8, 4) is 0 Å². The van der Waals surface area contributed by atoms with Crippen LogP contribution in [0.2, 0.25) is 0 Å². The molecule has 1 atom stereocenters. The molecule has 4 heteroatoms. The van der Waals surface area contributed by atoms with Gasteiger partial charge in [-0.05, 0) is 17.7 Å². The standard InChI is InChI=1S/C15H23NO3/c1-4-16(9-12(2)15(17)18)10-13-5-7-14(8-6-13)11-19-3/h5-8,12H,4,9-11H2,1-3H3,(H,17,18). The predicted octanol–water partition coefficient (Wildman–Crippen LogP) is 2.38. The van der Waals surface area contributed by atoms with Gasteiger partial charge in [-0.3, -0.25) is 9.69 Å². The molecule has 1 aromatic carbocycles. The number of methoxy groups -OCH3 is 1. The Labute approximate surface area is 115 Å². The van der Waals surface area contributed by atoms with Crippen molar-refractivity contribution < 1.29 is 14.6 Å². The van der Waals surface area contributed by atoms with Crippen molar-refractivity contribution in [2.45, 2.75) is 27.0 Å². The number of ether oxygens (including phenoxy) is 1. The molecule has 0 aliphatic carbocycles. The smallest absolute Gasteiger partial charge is 0.307 e. The van der Waals surface area contributed by atoms with Crippen LogP contribution in [0.15, 0.2) is 24.3 Å². The molecule has 0 heterocycles. The first kappa shape index (κ1) is 15.7. The van der Waals surface area contributed by atoms with E-state index in [1.165, 1.54) is 5.56 Å². The quantitative estimate of drug-likeness (QED) is 0.784. The van der Waals surface area contributed by atoms with E-state index >= 15 is 0 Å². The zero-order valence-electron chi connectivity index (χ0n) is 11.9. The molecule has 0 amide bonds. The number of aliphatic carboxylic acids is 1.